The average molecular weight is 696 g/mol. The second kappa shape index (κ2) is 8.29. The van der Waals surface area contributed by atoms with Crippen LogP contribution in [0.25, 0.3) is 94.1 Å². The Bertz CT molecular complexity index is 3500. The summed E-state index contributed by atoms with van der Waals surface area (Å²) in [5, 5.41) is 7.96. The lowest BCUT2D eigenvalue weighted by molar-refractivity contribution is -0.920. The highest BCUT2D eigenvalue weighted by Gasteiger charge is 2.69. The quantitative estimate of drug-likeness (QED) is 0.141. The lowest BCUT2D eigenvalue weighted by atomic mass is 9.80. The number of rotatable bonds is 0. The summed E-state index contributed by atoms with van der Waals surface area (Å²) in [6, 6.07) is 44.4. The van der Waals surface area contributed by atoms with Crippen molar-refractivity contribution < 1.29 is 9.13 Å². The van der Waals surface area contributed by atoms with Crippen LogP contribution in [0, 0.1) is 0 Å². The van der Waals surface area contributed by atoms with E-state index in [1.165, 1.54) is 116 Å². The number of aromatic nitrogens is 5. The van der Waals surface area contributed by atoms with Gasteiger partial charge in [0.1, 0.15) is 33.5 Å². The van der Waals surface area contributed by atoms with Gasteiger partial charge in [0.15, 0.2) is 11.4 Å². The standard InChI is InChI=1S/C49H37N5/c1-47(2,3)30-24-38-39-25-31(48(4,5)6)41-29-16-9-12-19-34(29)52-37-23-22-27-26-14-7-10-17-32(26)50-35-20-13-21-36-42(35)49(43(37)44(27)50,54(39)46(41)52)53(38)45-40(30)28-15-8-11-18-33(28)51(36)45/h7-25H,1-6H3/q+2. The largest absolute Gasteiger partial charge is 0.319 e. The number of fused-ring (bicyclic) bond motifs is 13. The third-order valence-electron chi connectivity index (χ3n) is 13.5. The molecule has 54 heavy (non-hydrogen) atoms. The van der Waals surface area contributed by atoms with Crippen molar-refractivity contribution in [1.82, 2.24) is 13.7 Å². The minimum Gasteiger partial charge on any atom is -0.308 e. The highest BCUT2D eigenvalue weighted by atomic mass is 15.4. The zero-order valence-corrected chi connectivity index (χ0v) is 31.2. The lowest BCUT2D eigenvalue weighted by Crippen LogP contribution is -2.75. The van der Waals surface area contributed by atoms with Gasteiger partial charge in [0.05, 0.1) is 27.5 Å². The van der Waals surface area contributed by atoms with Crippen LogP contribution in [0.15, 0.2) is 115 Å². The van der Waals surface area contributed by atoms with Gasteiger partial charge in [-0.15, -0.1) is 0 Å². The zero-order chi connectivity index (χ0) is 35.9. The van der Waals surface area contributed by atoms with Crippen molar-refractivity contribution in [3.8, 4) is 28.5 Å². The molecule has 5 heteroatoms. The summed E-state index contributed by atoms with van der Waals surface area (Å²) < 4.78 is 13.4. The Morgan fingerprint density at radius 1 is 0.444 bits per heavy atom. The van der Waals surface area contributed by atoms with Crippen molar-refractivity contribution in [2.24, 2.45) is 0 Å². The molecule has 0 N–H and O–H groups in total. The van der Waals surface area contributed by atoms with E-state index in [4.69, 9.17) is 0 Å². The van der Waals surface area contributed by atoms with Crippen LogP contribution >= 0.6 is 0 Å². The first-order chi connectivity index (χ1) is 26.1. The first-order valence-corrected chi connectivity index (χ1v) is 19.4. The lowest BCUT2D eigenvalue weighted by Gasteiger charge is -2.39. The monoisotopic (exact) mass is 695 g/mol. The summed E-state index contributed by atoms with van der Waals surface area (Å²) in [6.45, 7) is 14.3. The SMILES string of the molecule is CC(C)(C)c1cc2[n+]3c4c1c1ccccc1n4-c1cccc4c1C31c3c(ccc5c6ccccc6n-4c35)-n3c4ccccc4c4c(C(C)(C)C)cc-2[n+]1c43. The fourth-order valence-electron chi connectivity index (χ4n) is 11.6. The van der Waals surface area contributed by atoms with Crippen LogP contribution in [0.4, 0.5) is 0 Å². The van der Waals surface area contributed by atoms with E-state index in [1.807, 2.05) is 0 Å². The number of benzene rings is 5. The Morgan fingerprint density at radius 3 is 1.44 bits per heavy atom. The molecule has 0 fully saturated rings. The van der Waals surface area contributed by atoms with E-state index in [0.29, 0.717) is 0 Å². The molecule has 4 aliphatic rings. The van der Waals surface area contributed by atoms with Crippen LogP contribution in [0.2, 0.25) is 0 Å². The highest BCUT2D eigenvalue weighted by molar-refractivity contribution is 6.16. The summed E-state index contributed by atoms with van der Waals surface area (Å²) in [6.07, 6.45) is 0. The first-order valence-electron chi connectivity index (χ1n) is 19.4. The maximum atomic E-state index is 2.80. The molecule has 0 radical (unpaired) electrons. The highest BCUT2D eigenvalue weighted by Crippen LogP contribution is 2.58. The fraction of sp³-hybridized carbons (Fsp3) is 0.184. The van der Waals surface area contributed by atoms with Crippen molar-refractivity contribution >= 4 is 65.7 Å². The van der Waals surface area contributed by atoms with Crippen molar-refractivity contribution in [3.05, 3.63) is 138 Å². The van der Waals surface area contributed by atoms with Crippen LogP contribution < -0.4 is 9.13 Å². The third-order valence-corrected chi connectivity index (χ3v) is 13.5. The van der Waals surface area contributed by atoms with Gasteiger partial charge in [0.2, 0.25) is 0 Å². The minimum atomic E-state index is -0.659. The van der Waals surface area contributed by atoms with Crippen LogP contribution in [0.3, 0.4) is 0 Å². The van der Waals surface area contributed by atoms with Gasteiger partial charge in [0.25, 0.3) is 11.3 Å². The fourth-order valence-corrected chi connectivity index (χ4v) is 11.6. The molecule has 4 aliphatic heterocycles. The normalized spacial score (nSPS) is 17.1. The molecule has 5 nitrogen and oxygen atoms in total. The summed E-state index contributed by atoms with van der Waals surface area (Å²) in [5.74, 6) is 0. The topological polar surface area (TPSA) is 22.5 Å². The van der Waals surface area contributed by atoms with E-state index >= 15 is 0 Å². The molecule has 0 saturated heterocycles. The maximum Gasteiger partial charge on any atom is 0.319 e. The Kier molecular flexibility index (Phi) is 4.35. The van der Waals surface area contributed by atoms with Gasteiger partial charge in [-0.1, -0.05) is 90.1 Å². The molecule has 14 rings (SSSR count). The summed E-state index contributed by atoms with van der Waals surface area (Å²) >= 11 is 0. The van der Waals surface area contributed by atoms with E-state index in [9.17, 15) is 0 Å². The molecule has 0 amide bonds. The Morgan fingerprint density at radius 2 is 0.907 bits per heavy atom. The van der Waals surface area contributed by atoms with E-state index in [1.54, 1.807) is 0 Å². The smallest absolute Gasteiger partial charge is 0.308 e. The number of hydrogen-bond donors (Lipinski definition) is 0. The second-order valence-corrected chi connectivity index (χ2v) is 18.2. The molecular weight excluding hydrogens is 659 g/mol. The van der Waals surface area contributed by atoms with Crippen LogP contribution in [-0.2, 0) is 16.5 Å². The van der Waals surface area contributed by atoms with Crippen molar-refractivity contribution in [2.45, 2.75) is 58.0 Å². The molecular formula is C49H37N5+2. The van der Waals surface area contributed by atoms with Gasteiger partial charge in [-0.05, 0) is 88.7 Å². The molecule has 9 heterocycles. The van der Waals surface area contributed by atoms with Gasteiger partial charge < -0.3 is 4.57 Å². The van der Waals surface area contributed by atoms with Crippen LogP contribution in [-0.4, -0.2) is 13.7 Å². The Labute approximate surface area is 311 Å². The first kappa shape index (κ1) is 28.3. The Balaban J connectivity index is 1.39. The number of hydrogen-bond acceptors (Lipinski definition) is 0. The second-order valence-electron chi connectivity index (χ2n) is 18.2. The molecule has 5 aromatic heterocycles. The summed E-state index contributed by atoms with van der Waals surface area (Å²) in [4.78, 5) is 0. The molecule has 5 aromatic carbocycles. The van der Waals surface area contributed by atoms with Crippen molar-refractivity contribution in [2.75, 3.05) is 0 Å². The average Bonchev–Trinajstić information content (AvgIpc) is 3.87. The Hall–Kier alpha value is -6.20. The summed E-state index contributed by atoms with van der Waals surface area (Å²) in [7, 11) is 0. The third kappa shape index (κ3) is 2.66. The van der Waals surface area contributed by atoms with E-state index in [2.05, 4.69) is 180 Å². The molecule has 10 aromatic rings. The van der Waals surface area contributed by atoms with Crippen LogP contribution in [0.5, 0.6) is 0 Å². The molecule has 0 bridgehead atoms. The summed E-state index contributed by atoms with van der Waals surface area (Å²) in [5.41, 5.74) is 18.7. The van der Waals surface area contributed by atoms with Gasteiger partial charge in [0, 0.05) is 21.5 Å². The number of pyridine rings is 2. The predicted octanol–water partition coefficient (Wildman–Crippen LogP) is 10.4. The maximum absolute atomic E-state index is 2.80. The van der Waals surface area contributed by atoms with Gasteiger partial charge >= 0.3 is 5.66 Å². The van der Waals surface area contributed by atoms with E-state index in [-0.39, 0.29) is 10.8 Å². The minimum absolute atomic E-state index is 0.0938. The van der Waals surface area contributed by atoms with E-state index < -0.39 is 5.66 Å². The number of para-hydroxylation sites is 3. The molecule has 1 atom stereocenters. The number of nitrogens with zero attached hydrogens (tertiary/aromatic N) is 5. The molecule has 1 unspecified atom stereocenters. The van der Waals surface area contributed by atoms with Crippen LogP contribution in [0.1, 0.15) is 63.8 Å². The van der Waals surface area contributed by atoms with Gasteiger partial charge in [-0.3, -0.25) is 0 Å². The molecule has 256 valence electrons. The van der Waals surface area contributed by atoms with Crippen molar-refractivity contribution in [3.63, 3.8) is 0 Å². The molecule has 0 saturated carbocycles. The van der Waals surface area contributed by atoms with Gasteiger partial charge in [-0.25, -0.2) is 0 Å². The molecule has 0 aliphatic carbocycles. The zero-order valence-electron chi connectivity index (χ0n) is 31.2. The van der Waals surface area contributed by atoms with Crippen molar-refractivity contribution in [1.29, 1.82) is 0 Å². The van der Waals surface area contributed by atoms with Gasteiger partial charge in [-0.2, -0.15) is 18.3 Å². The molecule has 1 spiro atoms. The predicted molar refractivity (Wildman–Crippen MR) is 218 cm³/mol. The van der Waals surface area contributed by atoms with E-state index in [0.717, 1.165) is 0 Å².